The van der Waals surface area contributed by atoms with Crippen LogP contribution in [0, 0.1) is 0 Å². The van der Waals surface area contributed by atoms with Crippen LogP contribution < -0.4 is 5.32 Å². The molecule has 0 aliphatic heterocycles. The Morgan fingerprint density at radius 3 is 2.87 bits per heavy atom. The molecule has 0 radical (unpaired) electrons. The number of alkyl halides is 1. The van der Waals surface area contributed by atoms with Crippen molar-refractivity contribution >= 4 is 33.4 Å². The normalized spacial score (nSPS) is 10.0. The van der Waals surface area contributed by atoms with Gasteiger partial charge in [0.25, 0.3) is 5.91 Å². The van der Waals surface area contributed by atoms with Gasteiger partial charge < -0.3 is 5.32 Å². The van der Waals surface area contributed by atoms with E-state index in [2.05, 4.69) is 26.2 Å². The number of rotatable bonds is 5. The average Bonchev–Trinajstić information content (AvgIpc) is 2.25. The predicted octanol–water partition coefficient (Wildman–Crippen LogP) is 2.64. The Kier molecular flexibility index (Phi) is 5.65. The number of aromatic nitrogens is 1. The molecule has 0 unspecified atom stereocenters. The molecule has 0 aromatic carbocycles. The van der Waals surface area contributed by atoms with E-state index < -0.39 is 0 Å². The monoisotopic (exact) mass is 290 g/mol. The molecule has 5 heteroatoms. The number of nitrogens with one attached hydrogen (secondary N) is 1. The van der Waals surface area contributed by atoms with Crippen LogP contribution in [-0.4, -0.2) is 22.8 Å². The zero-order chi connectivity index (χ0) is 11.1. The molecule has 0 atom stereocenters. The van der Waals surface area contributed by atoms with E-state index >= 15 is 0 Å². The van der Waals surface area contributed by atoms with E-state index in [1.165, 1.54) is 6.20 Å². The summed E-state index contributed by atoms with van der Waals surface area (Å²) in [6.07, 6.45) is 3.48. The van der Waals surface area contributed by atoms with Gasteiger partial charge in [0.15, 0.2) is 0 Å². The maximum Gasteiger partial charge on any atom is 0.269 e. The SMILES string of the molecule is O=C(NCCCCBr)c1ccc(Cl)cn1. The van der Waals surface area contributed by atoms with Crippen molar-refractivity contribution < 1.29 is 4.79 Å². The lowest BCUT2D eigenvalue weighted by Crippen LogP contribution is -2.25. The molecule has 3 nitrogen and oxygen atoms in total. The molecular weight excluding hydrogens is 279 g/mol. The first-order valence-corrected chi connectivity index (χ1v) is 6.19. The summed E-state index contributed by atoms with van der Waals surface area (Å²) in [5.74, 6) is -0.152. The Balaban J connectivity index is 2.37. The lowest BCUT2D eigenvalue weighted by atomic mass is 10.3. The fraction of sp³-hybridized carbons (Fsp3) is 0.400. The molecule has 0 aliphatic carbocycles. The van der Waals surface area contributed by atoms with Crippen molar-refractivity contribution in [2.24, 2.45) is 0 Å². The first kappa shape index (κ1) is 12.5. The minimum Gasteiger partial charge on any atom is -0.351 e. The Bertz CT molecular complexity index is 316. The summed E-state index contributed by atoms with van der Waals surface area (Å²) in [7, 11) is 0. The van der Waals surface area contributed by atoms with Crippen LogP contribution in [0.5, 0.6) is 0 Å². The van der Waals surface area contributed by atoms with Crippen molar-refractivity contribution in [3.8, 4) is 0 Å². The van der Waals surface area contributed by atoms with Crippen molar-refractivity contribution in [1.82, 2.24) is 10.3 Å². The van der Waals surface area contributed by atoms with Crippen LogP contribution in [0.2, 0.25) is 5.02 Å². The van der Waals surface area contributed by atoms with Crippen molar-refractivity contribution in [3.05, 3.63) is 29.0 Å². The third-order valence-electron chi connectivity index (χ3n) is 1.81. The number of hydrogen-bond acceptors (Lipinski definition) is 2. The topological polar surface area (TPSA) is 42.0 Å². The number of nitrogens with zero attached hydrogens (tertiary/aromatic N) is 1. The van der Waals surface area contributed by atoms with E-state index in [0.717, 1.165) is 18.2 Å². The van der Waals surface area contributed by atoms with Crippen molar-refractivity contribution in [2.45, 2.75) is 12.8 Å². The van der Waals surface area contributed by atoms with E-state index in [4.69, 9.17) is 11.6 Å². The molecule has 15 heavy (non-hydrogen) atoms. The maximum absolute atomic E-state index is 11.5. The fourth-order valence-corrected chi connectivity index (χ4v) is 1.53. The number of hydrogen-bond donors (Lipinski definition) is 1. The smallest absolute Gasteiger partial charge is 0.269 e. The molecule has 1 rings (SSSR count). The summed E-state index contributed by atoms with van der Waals surface area (Å²) in [6, 6.07) is 3.27. The van der Waals surface area contributed by atoms with Crippen LogP contribution in [0.15, 0.2) is 18.3 Å². The Hall–Kier alpha value is -0.610. The van der Waals surface area contributed by atoms with Gasteiger partial charge in [0.2, 0.25) is 0 Å². The number of unbranched alkanes of at least 4 members (excludes halogenated alkanes) is 1. The minimum atomic E-state index is -0.152. The van der Waals surface area contributed by atoms with E-state index in [1.807, 2.05) is 0 Å². The molecule has 1 amide bonds. The summed E-state index contributed by atoms with van der Waals surface area (Å²) >= 11 is 8.99. The number of carbonyl (C=O) groups is 1. The van der Waals surface area contributed by atoms with Crippen LogP contribution >= 0.6 is 27.5 Å². The number of amides is 1. The van der Waals surface area contributed by atoms with Gasteiger partial charge in [-0.15, -0.1) is 0 Å². The molecule has 0 fully saturated rings. The Morgan fingerprint density at radius 1 is 1.47 bits per heavy atom. The van der Waals surface area contributed by atoms with Crippen LogP contribution in [0.1, 0.15) is 23.3 Å². The molecule has 1 heterocycles. The molecule has 0 saturated heterocycles. The highest BCUT2D eigenvalue weighted by Gasteiger charge is 2.05. The summed E-state index contributed by atoms with van der Waals surface area (Å²) in [5.41, 5.74) is 0.401. The van der Waals surface area contributed by atoms with Gasteiger partial charge in [-0.05, 0) is 25.0 Å². The minimum absolute atomic E-state index is 0.152. The quantitative estimate of drug-likeness (QED) is 0.669. The molecule has 1 N–H and O–H groups in total. The fourth-order valence-electron chi connectivity index (χ4n) is 1.02. The summed E-state index contributed by atoms with van der Waals surface area (Å²) in [4.78, 5) is 15.4. The van der Waals surface area contributed by atoms with Gasteiger partial charge in [-0.3, -0.25) is 4.79 Å². The molecule has 1 aromatic heterocycles. The Morgan fingerprint density at radius 2 is 2.27 bits per heavy atom. The number of halogens is 2. The second kappa shape index (κ2) is 6.80. The van der Waals surface area contributed by atoms with E-state index in [0.29, 0.717) is 17.3 Å². The van der Waals surface area contributed by atoms with Gasteiger partial charge in [-0.1, -0.05) is 27.5 Å². The number of carbonyl (C=O) groups excluding carboxylic acids is 1. The highest BCUT2D eigenvalue weighted by molar-refractivity contribution is 9.09. The van der Waals surface area contributed by atoms with Gasteiger partial charge in [0.1, 0.15) is 5.69 Å². The van der Waals surface area contributed by atoms with Crippen molar-refractivity contribution in [1.29, 1.82) is 0 Å². The van der Waals surface area contributed by atoms with Gasteiger partial charge in [-0.25, -0.2) is 4.98 Å². The predicted molar refractivity (Wildman–Crippen MR) is 64.6 cm³/mol. The zero-order valence-electron chi connectivity index (χ0n) is 8.17. The third kappa shape index (κ3) is 4.62. The molecule has 1 aromatic rings. The van der Waals surface area contributed by atoms with E-state index in [1.54, 1.807) is 12.1 Å². The molecule has 0 saturated carbocycles. The van der Waals surface area contributed by atoms with E-state index in [9.17, 15) is 4.79 Å². The average molecular weight is 292 g/mol. The Labute approximate surface area is 102 Å². The zero-order valence-corrected chi connectivity index (χ0v) is 10.5. The second-order valence-electron chi connectivity index (χ2n) is 3.01. The van der Waals surface area contributed by atoms with Crippen LogP contribution in [0.4, 0.5) is 0 Å². The van der Waals surface area contributed by atoms with Crippen molar-refractivity contribution in [2.75, 3.05) is 11.9 Å². The summed E-state index contributed by atoms with van der Waals surface area (Å²) in [5, 5.41) is 4.28. The molecular formula is C10H12BrClN2O. The van der Waals surface area contributed by atoms with Gasteiger partial charge in [0, 0.05) is 18.1 Å². The first-order chi connectivity index (χ1) is 7.24. The lowest BCUT2D eigenvalue weighted by Gasteiger charge is -2.03. The van der Waals surface area contributed by atoms with E-state index in [-0.39, 0.29) is 5.91 Å². The van der Waals surface area contributed by atoms with Crippen molar-refractivity contribution in [3.63, 3.8) is 0 Å². The van der Waals surface area contributed by atoms with Gasteiger partial charge in [0.05, 0.1) is 5.02 Å². The molecule has 0 aliphatic rings. The highest BCUT2D eigenvalue weighted by atomic mass is 79.9. The third-order valence-corrected chi connectivity index (χ3v) is 2.59. The standard InChI is InChI=1S/C10H12BrClN2O/c11-5-1-2-6-13-10(15)9-4-3-8(12)7-14-9/h3-4,7H,1-2,5-6H2,(H,13,15). The lowest BCUT2D eigenvalue weighted by molar-refractivity contribution is 0.0948. The molecule has 0 bridgehead atoms. The first-order valence-electron chi connectivity index (χ1n) is 4.70. The van der Waals surface area contributed by atoms with Gasteiger partial charge >= 0.3 is 0 Å². The number of pyridine rings is 1. The van der Waals surface area contributed by atoms with Gasteiger partial charge in [-0.2, -0.15) is 0 Å². The molecule has 82 valence electrons. The molecule has 0 spiro atoms. The van der Waals surface area contributed by atoms with Crippen LogP contribution in [0.3, 0.4) is 0 Å². The van der Waals surface area contributed by atoms with Crippen LogP contribution in [0.25, 0.3) is 0 Å². The largest absolute Gasteiger partial charge is 0.351 e. The highest BCUT2D eigenvalue weighted by Crippen LogP contribution is 2.05. The maximum atomic E-state index is 11.5. The summed E-state index contributed by atoms with van der Waals surface area (Å²) in [6.45, 7) is 0.675. The second-order valence-corrected chi connectivity index (χ2v) is 4.24. The summed E-state index contributed by atoms with van der Waals surface area (Å²) < 4.78 is 0. The van der Waals surface area contributed by atoms with Crippen LogP contribution in [-0.2, 0) is 0 Å².